The molecule has 0 saturated carbocycles. The Labute approximate surface area is 145 Å². The van der Waals surface area contributed by atoms with Gasteiger partial charge in [-0.2, -0.15) is 10.2 Å². The fraction of sp³-hybridized carbons (Fsp3) is 0.250. The molecule has 0 atom stereocenters. The Morgan fingerprint density at radius 1 is 0.800 bits per heavy atom. The van der Waals surface area contributed by atoms with Crippen LogP contribution in [0.1, 0.15) is 0 Å². The van der Waals surface area contributed by atoms with Gasteiger partial charge in [0.25, 0.3) is 0 Å². The molecule has 2 rings (SSSR count). The third kappa shape index (κ3) is 5.74. The van der Waals surface area contributed by atoms with Gasteiger partial charge in [0.15, 0.2) is 0 Å². The van der Waals surface area contributed by atoms with Crippen molar-refractivity contribution in [1.29, 1.82) is 0 Å². The van der Waals surface area contributed by atoms with Gasteiger partial charge in [-0.05, 0) is 48.5 Å². The first-order valence-corrected chi connectivity index (χ1v) is 9.20. The van der Waals surface area contributed by atoms with Crippen molar-refractivity contribution >= 4 is 30.0 Å². The summed E-state index contributed by atoms with van der Waals surface area (Å²) in [6.45, 7) is 0.832. The van der Waals surface area contributed by atoms with Crippen molar-refractivity contribution in [3.05, 3.63) is 48.5 Å². The van der Waals surface area contributed by atoms with Crippen molar-refractivity contribution in [2.75, 3.05) is 31.2 Å². The predicted octanol–water partition coefficient (Wildman–Crippen LogP) is 1.70. The topological polar surface area (TPSA) is 126 Å². The van der Waals surface area contributed by atoms with E-state index in [1.54, 1.807) is 12.1 Å². The zero-order chi connectivity index (χ0) is 18.3. The quantitative estimate of drug-likeness (QED) is 0.417. The lowest BCUT2D eigenvalue weighted by Gasteiger charge is -2.22. The van der Waals surface area contributed by atoms with E-state index < -0.39 is 7.60 Å². The van der Waals surface area contributed by atoms with Gasteiger partial charge in [0, 0.05) is 18.8 Å². The van der Waals surface area contributed by atoms with Gasteiger partial charge in [0.1, 0.15) is 0 Å². The monoisotopic (exact) mass is 365 g/mol. The van der Waals surface area contributed by atoms with Crippen LogP contribution < -0.4 is 10.2 Å². The van der Waals surface area contributed by atoms with Gasteiger partial charge < -0.3 is 24.9 Å². The maximum atomic E-state index is 11.1. The second-order valence-electron chi connectivity index (χ2n) is 5.21. The fourth-order valence-electron chi connectivity index (χ4n) is 2.17. The zero-order valence-electron chi connectivity index (χ0n) is 13.4. The first-order chi connectivity index (χ1) is 11.9. The molecule has 8 nitrogen and oxygen atoms in total. The van der Waals surface area contributed by atoms with Crippen molar-refractivity contribution in [1.82, 2.24) is 0 Å². The van der Waals surface area contributed by atoms with Crippen LogP contribution in [0.3, 0.4) is 0 Å². The number of azo groups is 1. The minimum Gasteiger partial charge on any atom is -0.395 e. The van der Waals surface area contributed by atoms with Crippen molar-refractivity contribution in [2.45, 2.75) is 0 Å². The molecule has 0 amide bonds. The van der Waals surface area contributed by atoms with Crippen molar-refractivity contribution in [3.8, 4) is 0 Å². The summed E-state index contributed by atoms with van der Waals surface area (Å²) in [6.07, 6.45) is 0. The number of benzene rings is 2. The second kappa shape index (κ2) is 8.84. The molecule has 2 aromatic carbocycles. The van der Waals surface area contributed by atoms with Crippen LogP contribution in [0.5, 0.6) is 0 Å². The molecule has 0 aliphatic rings. The first-order valence-electron chi connectivity index (χ1n) is 7.58. The molecular weight excluding hydrogens is 345 g/mol. The van der Waals surface area contributed by atoms with Gasteiger partial charge in [-0.25, -0.2) is 0 Å². The van der Waals surface area contributed by atoms with Crippen molar-refractivity contribution in [2.24, 2.45) is 10.2 Å². The van der Waals surface area contributed by atoms with E-state index in [-0.39, 0.29) is 18.5 Å². The van der Waals surface area contributed by atoms with Gasteiger partial charge in [0.05, 0.1) is 29.9 Å². The number of hydrogen-bond acceptors (Lipinski definition) is 6. The normalized spacial score (nSPS) is 11.8. The molecule has 0 saturated heterocycles. The molecule has 134 valence electrons. The predicted molar refractivity (Wildman–Crippen MR) is 95.1 cm³/mol. The number of aliphatic hydroxyl groups excluding tert-OH is 2. The smallest absolute Gasteiger partial charge is 0.356 e. The highest BCUT2D eigenvalue weighted by atomic mass is 31.2. The lowest BCUT2D eigenvalue weighted by Crippen LogP contribution is -2.29. The summed E-state index contributed by atoms with van der Waals surface area (Å²) >= 11 is 0. The zero-order valence-corrected chi connectivity index (χ0v) is 14.3. The highest BCUT2D eigenvalue weighted by molar-refractivity contribution is 7.60. The molecule has 9 heteroatoms. The summed E-state index contributed by atoms with van der Waals surface area (Å²) in [5.41, 5.74) is 1.94. The van der Waals surface area contributed by atoms with E-state index in [0.717, 1.165) is 5.69 Å². The molecule has 4 N–H and O–H groups in total. The second-order valence-corrected chi connectivity index (χ2v) is 6.82. The van der Waals surface area contributed by atoms with Crippen LogP contribution in [-0.2, 0) is 4.57 Å². The summed E-state index contributed by atoms with van der Waals surface area (Å²) in [7, 11) is -4.25. The number of hydrogen-bond donors (Lipinski definition) is 4. The average molecular weight is 365 g/mol. The van der Waals surface area contributed by atoms with Crippen LogP contribution in [-0.4, -0.2) is 46.3 Å². The molecule has 0 bridgehead atoms. The number of anilines is 1. The van der Waals surface area contributed by atoms with E-state index in [2.05, 4.69) is 10.2 Å². The van der Waals surface area contributed by atoms with E-state index in [9.17, 15) is 4.57 Å². The summed E-state index contributed by atoms with van der Waals surface area (Å²) in [5, 5.41) is 26.1. The minimum absolute atomic E-state index is 0.00787. The van der Waals surface area contributed by atoms with E-state index in [4.69, 9.17) is 20.0 Å². The lowest BCUT2D eigenvalue weighted by molar-refractivity contribution is 0.281. The Kier molecular flexibility index (Phi) is 6.81. The van der Waals surface area contributed by atoms with Crippen LogP contribution >= 0.6 is 7.60 Å². The van der Waals surface area contributed by atoms with Gasteiger partial charge in [-0.15, -0.1) is 0 Å². The highest BCUT2D eigenvalue weighted by Gasteiger charge is 2.15. The van der Waals surface area contributed by atoms with Gasteiger partial charge in [0.2, 0.25) is 0 Å². The summed E-state index contributed by atoms with van der Waals surface area (Å²) in [5.74, 6) is 0. The van der Waals surface area contributed by atoms with Crippen LogP contribution in [0.15, 0.2) is 58.8 Å². The van der Waals surface area contributed by atoms with E-state index in [0.29, 0.717) is 24.5 Å². The summed E-state index contributed by atoms with van der Waals surface area (Å²) in [4.78, 5) is 20.0. The Hall–Kier alpha value is -2.09. The van der Waals surface area contributed by atoms with Crippen LogP contribution in [0, 0.1) is 0 Å². The van der Waals surface area contributed by atoms with Crippen LogP contribution in [0.25, 0.3) is 0 Å². The molecule has 0 aliphatic carbocycles. The van der Waals surface area contributed by atoms with Crippen molar-refractivity contribution in [3.63, 3.8) is 0 Å². The van der Waals surface area contributed by atoms with E-state index in [1.165, 1.54) is 24.3 Å². The van der Waals surface area contributed by atoms with Gasteiger partial charge in [-0.3, -0.25) is 4.57 Å². The standard InChI is InChI=1S/C16H20N3O5P/c20-11-9-19(10-12-21)15-5-1-13(2-6-15)17-18-14-3-7-16(8-4-14)25(22,23)24/h1-8,20-21H,9-12H2,(H2,22,23,24)/b18-17+. The van der Waals surface area contributed by atoms with E-state index >= 15 is 0 Å². The molecule has 25 heavy (non-hydrogen) atoms. The van der Waals surface area contributed by atoms with Gasteiger partial charge in [-0.1, -0.05) is 0 Å². The highest BCUT2D eigenvalue weighted by Crippen LogP contribution is 2.33. The maximum Gasteiger partial charge on any atom is 0.356 e. The lowest BCUT2D eigenvalue weighted by atomic mass is 10.2. The van der Waals surface area contributed by atoms with Gasteiger partial charge >= 0.3 is 7.60 Å². The molecule has 0 radical (unpaired) electrons. The first kappa shape index (κ1) is 19.2. The largest absolute Gasteiger partial charge is 0.395 e. The van der Waals surface area contributed by atoms with Crippen LogP contribution in [0.4, 0.5) is 17.1 Å². The summed E-state index contributed by atoms with van der Waals surface area (Å²) < 4.78 is 11.1. The molecule has 0 aliphatic heterocycles. The Bertz CT molecular complexity index is 737. The molecule has 0 fully saturated rings. The minimum atomic E-state index is -4.25. The molecule has 0 spiro atoms. The molecular formula is C16H20N3O5P. The Morgan fingerprint density at radius 2 is 1.24 bits per heavy atom. The third-order valence-electron chi connectivity index (χ3n) is 3.42. The summed E-state index contributed by atoms with van der Waals surface area (Å²) in [6, 6.07) is 12.7. The van der Waals surface area contributed by atoms with Crippen LogP contribution in [0.2, 0.25) is 0 Å². The van der Waals surface area contributed by atoms with E-state index in [1.807, 2.05) is 17.0 Å². The number of rotatable bonds is 8. The average Bonchev–Trinajstić information content (AvgIpc) is 2.60. The molecule has 0 aromatic heterocycles. The Balaban J connectivity index is 2.07. The number of aliphatic hydroxyl groups is 2. The number of nitrogens with zero attached hydrogens (tertiary/aromatic N) is 3. The third-order valence-corrected chi connectivity index (χ3v) is 4.39. The Morgan fingerprint density at radius 3 is 1.64 bits per heavy atom. The van der Waals surface area contributed by atoms with Crippen molar-refractivity contribution < 1.29 is 24.6 Å². The maximum absolute atomic E-state index is 11.1. The SMILES string of the molecule is O=P(O)(O)c1ccc(/N=N/c2ccc(N(CCO)CCO)cc2)cc1. The molecule has 0 heterocycles. The molecule has 2 aromatic rings. The fourth-order valence-corrected chi connectivity index (χ4v) is 2.71. The molecule has 0 unspecified atom stereocenters.